The molecule has 0 aromatic heterocycles. The standard InChI is InChI=1S/C20H33N3O2/c1-4-5-6-8-17(2)21-20(24)16-22-11-13-23(14-12-22)18-9-7-10-19(15-18)25-3/h7,9-10,15,17H,4-6,8,11-14,16H2,1-3H3,(H,21,24)/p+1/t17-/m0/s1. The Hall–Kier alpha value is -1.75. The van der Waals surface area contributed by atoms with Crippen LogP contribution in [0, 0.1) is 0 Å². The Morgan fingerprint density at radius 1 is 1.32 bits per heavy atom. The molecule has 2 rings (SSSR count). The van der Waals surface area contributed by atoms with E-state index >= 15 is 0 Å². The Kier molecular flexibility index (Phi) is 8.06. The van der Waals surface area contributed by atoms with Crippen molar-refractivity contribution in [1.29, 1.82) is 0 Å². The van der Waals surface area contributed by atoms with E-state index in [-0.39, 0.29) is 11.9 Å². The Labute approximate surface area is 152 Å². The predicted molar refractivity (Wildman–Crippen MR) is 103 cm³/mol. The molecule has 0 aliphatic carbocycles. The highest BCUT2D eigenvalue weighted by Crippen LogP contribution is 2.20. The third kappa shape index (κ3) is 6.58. The number of nitrogens with zero attached hydrogens (tertiary/aromatic N) is 1. The minimum absolute atomic E-state index is 0.189. The molecule has 0 radical (unpaired) electrons. The number of methoxy groups -OCH3 is 1. The molecule has 1 aromatic rings. The number of benzene rings is 1. The summed E-state index contributed by atoms with van der Waals surface area (Å²) in [6, 6.07) is 8.49. The van der Waals surface area contributed by atoms with E-state index in [0.717, 1.165) is 38.3 Å². The molecular weight excluding hydrogens is 314 g/mol. The second kappa shape index (κ2) is 10.3. The summed E-state index contributed by atoms with van der Waals surface area (Å²) in [5.41, 5.74) is 1.20. The van der Waals surface area contributed by atoms with Crippen molar-refractivity contribution in [3.63, 3.8) is 0 Å². The number of ether oxygens (including phenoxy) is 1. The fourth-order valence-electron chi connectivity index (χ4n) is 3.39. The van der Waals surface area contributed by atoms with Crippen molar-refractivity contribution in [3.05, 3.63) is 24.3 Å². The molecule has 1 amide bonds. The van der Waals surface area contributed by atoms with Crippen LogP contribution in [0.5, 0.6) is 5.75 Å². The number of rotatable bonds is 9. The highest BCUT2D eigenvalue weighted by atomic mass is 16.5. The molecule has 0 saturated carbocycles. The van der Waals surface area contributed by atoms with E-state index in [1.807, 2.05) is 12.1 Å². The summed E-state index contributed by atoms with van der Waals surface area (Å²) in [5, 5.41) is 3.15. The summed E-state index contributed by atoms with van der Waals surface area (Å²) < 4.78 is 5.31. The average Bonchev–Trinajstić information content (AvgIpc) is 2.62. The van der Waals surface area contributed by atoms with Gasteiger partial charge in [-0.15, -0.1) is 0 Å². The van der Waals surface area contributed by atoms with Gasteiger partial charge in [-0.05, 0) is 25.5 Å². The first-order chi connectivity index (χ1) is 12.1. The van der Waals surface area contributed by atoms with E-state index in [1.54, 1.807) is 7.11 Å². The van der Waals surface area contributed by atoms with E-state index in [4.69, 9.17) is 4.74 Å². The zero-order valence-electron chi connectivity index (χ0n) is 16.0. The maximum atomic E-state index is 12.2. The summed E-state index contributed by atoms with van der Waals surface area (Å²) >= 11 is 0. The van der Waals surface area contributed by atoms with Crippen molar-refractivity contribution >= 4 is 11.6 Å². The Balaban J connectivity index is 1.71. The fourth-order valence-corrected chi connectivity index (χ4v) is 3.39. The molecule has 2 N–H and O–H groups in total. The maximum absolute atomic E-state index is 12.2. The monoisotopic (exact) mass is 348 g/mol. The normalized spacial score (nSPS) is 16.5. The molecule has 5 heteroatoms. The van der Waals surface area contributed by atoms with Gasteiger partial charge in [-0.25, -0.2) is 0 Å². The lowest BCUT2D eigenvalue weighted by molar-refractivity contribution is -0.892. The van der Waals surface area contributed by atoms with Crippen LogP contribution in [-0.2, 0) is 4.79 Å². The number of hydrogen-bond donors (Lipinski definition) is 2. The third-order valence-corrected chi connectivity index (χ3v) is 4.95. The first kappa shape index (κ1) is 19.6. The molecule has 1 fully saturated rings. The van der Waals surface area contributed by atoms with Gasteiger partial charge in [-0.3, -0.25) is 4.79 Å². The fraction of sp³-hybridized carbons (Fsp3) is 0.650. The molecular formula is C20H34N3O2+. The van der Waals surface area contributed by atoms with Gasteiger partial charge in [0.2, 0.25) is 0 Å². The Morgan fingerprint density at radius 3 is 2.76 bits per heavy atom. The van der Waals surface area contributed by atoms with E-state index in [2.05, 4.69) is 36.2 Å². The number of carbonyl (C=O) groups is 1. The van der Waals surface area contributed by atoms with Crippen molar-refractivity contribution in [2.24, 2.45) is 0 Å². The van der Waals surface area contributed by atoms with Gasteiger partial charge in [-0.2, -0.15) is 0 Å². The van der Waals surface area contributed by atoms with Crippen molar-refractivity contribution < 1.29 is 14.4 Å². The van der Waals surface area contributed by atoms with Crippen LogP contribution >= 0.6 is 0 Å². The van der Waals surface area contributed by atoms with Gasteiger partial charge in [0.15, 0.2) is 6.54 Å². The van der Waals surface area contributed by atoms with Crippen LogP contribution in [0.4, 0.5) is 5.69 Å². The minimum atomic E-state index is 0.189. The van der Waals surface area contributed by atoms with Crippen LogP contribution in [0.1, 0.15) is 39.5 Å². The van der Waals surface area contributed by atoms with Gasteiger partial charge in [0.25, 0.3) is 5.91 Å². The van der Waals surface area contributed by atoms with Gasteiger partial charge in [0, 0.05) is 17.8 Å². The molecule has 1 atom stereocenters. The molecule has 25 heavy (non-hydrogen) atoms. The predicted octanol–water partition coefficient (Wildman–Crippen LogP) is 1.49. The maximum Gasteiger partial charge on any atom is 0.275 e. The first-order valence-electron chi connectivity index (χ1n) is 9.64. The van der Waals surface area contributed by atoms with Crippen molar-refractivity contribution in [1.82, 2.24) is 5.32 Å². The van der Waals surface area contributed by atoms with Gasteiger partial charge < -0.3 is 19.9 Å². The summed E-state index contributed by atoms with van der Waals surface area (Å²) in [5.74, 6) is 1.08. The average molecular weight is 349 g/mol. The highest BCUT2D eigenvalue weighted by molar-refractivity contribution is 5.77. The van der Waals surface area contributed by atoms with E-state index < -0.39 is 0 Å². The number of nitrogens with one attached hydrogen (secondary N) is 2. The number of amides is 1. The van der Waals surface area contributed by atoms with Gasteiger partial charge in [0.05, 0.1) is 33.3 Å². The van der Waals surface area contributed by atoms with E-state index in [9.17, 15) is 4.79 Å². The smallest absolute Gasteiger partial charge is 0.275 e. The molecule has 0 unspecified atom stereocenters. The SMILES string of the molecule is CCCCC[C@H](C)NC(=O)C[NH+]1CCN(c2cccc(OC)c2)CC1. The Bertz CT molecular complexity index is 527. The number of unbranched alkanes of at least 4 members (excludes halogenated alkanes) is 2. The van der Waals surface area contributed by atoms with Crippen LogP contribution in [0.15, 0.2) is 24.3 Å². The second-order valence-corrected chi connectivity index (χ2v) is 7.08. The number of piperazine rings is 1. The number of quaternary nitrogens is 1. The molecule has 140 valence electrons. The number of hydrogen-bond acceptors (Lipinski definition) is 3. The lowest BCUT2D eigenvalue weighted by Gasteiger charge is -2.33. The van der Waals surface area contributed by atoms with E-state index in [1.165, 1.54) is 29.8 Å². The van der Waals surface area contributed by atoms with Crippen LogP contribution in [0.25, 0.3) is 0 Å². The number of carbonyl (C=O) groups excluding carboxylic acids is 1. The molecule has 1 heterocycles. The lowest BCUT2D eigenvalue weighted by Crippen LogP contribution is -3.16. The quantitative estimate of drug-likeness (QED) is 0.665. The second-order valence-electron chi connectivity index (χ2n) is 7.08. The number of anilines is 1. The van der Waals surface area contributed by atoms with Gasteiger partial charge in [0.1, 0.15) is 5.75 Å². The molecule has 1 aromatic carbocycles. The van der Waals surface area contributed by atoms with Gasteiger partial charge in [-0.1, -0.05) is 32.3 Å². The molecule has 5 nitrogen and oxygen atoms in total. The molecule has 1 aliphatic heterocycles. The summed E-state index contributed by atoms with van der Waals surface area (Å²) in [6.07, 6.45) is 4.75. The highest BCUT2D eigenvalue weighted by Gasteiger charge is 2.23. The summed E-state index contributed by atoms with van der Waals surface area (Å²) in [6.45, 7) is 8.85. The van der Waals surface area contributed by atoms with Crippen molar-refractivity contribution in [2.45, 2.75) is 45.6 Å². The Morgan fingerprint density at radius 2 is 2.08 bits per heavy atom. The van der Waals surface area contributed by atoms with Gasteiger partial charge >= 0.3 is 0 Å². The third-order valence-electron chi connectivity index (χ3n) is 4.95. The topological polar surface area (TPSA) is 46.0 Å². The molecule has 1 aliphatic rings. The van der Waals surface area contributed by atoms with Crippen molar-refractivity contribution in [3.8, 4) is 5.75 Å². The van der Waals surface area contributed by atoms with Crippen LogP contribution in [0.2, 0.25) is 0 Å². The zero-order chi connectivity index (χ0) is 18.1. The molecule has 0 bridgehead atoms. The van der Waals surface area contributed by atoms with Crippen LogP contribution < -0.4 is 19.9 Å². The summed E-state index contributed by atoms with van der Waals surface area (Å²) in [4.78, 5) is 16.0. The summed E-state index contributed by atoms with van der Waals surface area (Å²) in [7, 11) is 1.70. The molecule has 0 spiro atoms. The molecule has 1 saturated heterocycles. The van der Waals surface area contributed by atoms with Crippen molar-refractivity contribution in [2.75, 3.05) is 44.7 Å². The zero-order valence-corrected chi connectivity index (χ0v) is 16.0. The first-order valence-corrected chi connectivity index (χ1v) is 9.64. The largest absolute Gasteiger partial charge is 0.497 e. The minimum Gasteiger partial charge on any atom is -0.497 e. The van der Waals surface area contributed by atoms with E-state index in [0.29, 0.717) is 6.54 Å². The lowest BCUT2D eigenvalue weighted by atomic mass is 10.1. The van der Waals surface area contributed by atoms with Crippen LogP contribution in [0.3, 0.4) is 0 Å². The van der Waals surface area contributed by atoms with Crippen LogP contribution in [-0.4, -0.2) is 51.8 Å².